The van der Waals surface area contributed by atoms with Crippen LogP contribution >= 0.6 is 0 Å². The molecule has 2 atom stereocenters. The maximum absolute atomic E-state index is 10.1. The van der Waals surface area contributed by atoms with Crippen molar-refractivity contribution >= 4 is 11.9 Å². The minimum Gasteiger partial charge on any atom is -0.479 e. The quantitative estimate of drug-likeness (QED) is 0.247. The molecule has 66 valence electrons. The first-order valence-electron chi connectivity index (χ1n) is 2.45. The number of carbonyl (C=O) groups excluding carboxylic acids is 1. The maximum Gasteiger partial charge on any atom is 0.373 e. The Morgan fingerprint density at radius 3 is 1.83 bits per heavy atom. The van der Waals surface area contributed by atoms with Crippen LogP contribution in [0.15, 0.2) is 0 Å². The average molecular weight is 231 g/mol. The zero-order valence-electron chi connectivity index (χ0n) is 5.88. The number of rotatable bonds is 3. The van der Waals surface area contributed by atoms with E-state index < -0.39 is 24.1 Å². The van der Waals surface area contributed by atoms with Gasteiger partial charge in [-0.15, -0.1) is 0 Å². The Bertz CT molecular complexity index is 169. The topological polar surface area (TPSA) is 124 Å². The second-order valence-electron chi connectivity index (χ2n) is 1.64. The molecular formula is C4H6O7Zn. The van der Waals surface area contributed by atoms with E-state index in [0.29, 0.717) is 0 Å². The summed E-state index contributed by atoms with van der Waals surface area (Å²) in [5, 5.41) is 32.5. The van der Waals surface area contributed by atoms with E-state index in [0.717, 1.165) is 0 Å². The first kappa shape index (κ1) is 14.0. The van der Waals surface area contributed by atoms with Crippen molar-refractivity contribution in [2.45, 2.75) is 12.2 Å². The summed E-state index contributed by atoms with van der Waals surface area (Å²) in [6.45, 7) is 0. The summed E-state index contributed by atoms with van der Waals surface area (Å²) >= 11 is 0. The molecule has 7 nitrogen and oxygen atoms in total. The van der Waals surface area contributed by atoms with Gasteiger partial charge in [0.15, 0.2) is 12.2 Å². The SMILES string of the molecule is O=C(O)C(O)C(O)C(=O)OO.[Zn]. The summed E-state index contributed by atoms with van der Waals surface area (Å²) in [6, 6.07) is 0. The van der Waals surface area contributed by atoms with Crippen molar-refractivity contribution < 1.29 is 54.5 Å². The van der Waals surface area contributed by atoms with Gasteiger partial charge in [0.25, 0.3) is 0 Å². The van der Waals surface area contributed by atoms with Crippen molar-refractivity contribution in [2.75, 3.05) is 0 Å². The molecule has 0 aromatic carbocycles. The third-order valence-corrected chi connectivity index (χ3v) is 0.884. The molecule has 0 aliphatic carbocycles. The molecule has 0 saturated heterocycles. The Labute approximate surface area is 79.3 Å². The van der Waals surface area contributed by atoms with E-state index in [9.17, 15) is 9.59 Å². The van der Waals surface area contributed by atoms with Crippen molar-refractivity contribution in [3.8, 4) is 0 Å². The summed E-state index contributed by atoms with van der Waals surface area (Å²) in [7, 11) is 0. The molecule has 0 saturated carbocycles. The first-order valence-corrected chi connectivity index (χ1v) is 2.45. The van der Waals surface area contributed by atoms with Crippen LogP contribution < -0.4 is 0 Å². The fraction of sp³-hybridized carbons (Fsp3) is 0.500. The van der Waals surface area contributed by atoms with Crippen LogP contribution in [0.2, 0.25) is 0 Å². The second-order valence-corrected chi connectivity index (χ2v) is 1.64. The Balaban J connectivity index is 0. The number of carboxylic acid groups (broad SMARTS) is 1. The van der Waals surface area contributed by atoms with Gasteiger partial charge in [-0.05, 0) is 0 Å². The zero-order chi connectivity index (χ0) is 9.02. The monoisotopic (exact) mass is 230 g/mol. The van der Waals surface area contributed by atoms with Crippen molar-refractivity contribution in [3.63, 3.8) is 0 Å². The van der Waals surface area contributed by atoms with Gasteiger partial charge in [0.2, 0.25) is 0 Å². The van der Waals surface area contributed by atoms with Crippen LogP contribution in [0.25, 0.3) is 0 Å². The summed E-state index contributed by atoms with van der Waals surface area (Å²) < 4.78 is 0. The predicted octanol–water partition coefficient (Wildman–Crippen LogP) is -2.19. The minimum absolute atomic E-state index is 0. The van der Waals surface area contributed by atoms with Gasteiger partial charge in [0.1, 0.15) is 0 Å². The number of aliphatic carboxylic acids is 1. The Hall–Kier alpha value is -0.557. The number of hydrogen-bond acceptors (Lipinski definition) is 6. The summed E-state index contributed by atoms with van der Waals surface area (Å²) in [5.41, 5.74) is 0. The van der Waals surface area contributed by atoms with Gasteiger partial charge in [0, 0.05) is 19.5 Å². The summed E-state index contributed by atoms with van der Waals surface area (Å²) in [6.07, 6.45) is -4.58. The largest absolute Gasteiger partial charge is 0.479 e. The standard InChI is InChI=1S/C4H6O7.Zn/c5-1(3(7)8)2(6)4(9)11-10;/h1-2,5-6,10H,(H,7,8);. The van der Waals surface area contributed by atoms with E-state index in [2.05, 4.69) is 4.89 Å². The van der Waals surface area contributed by atoms with Crippen LogP contribution in [0.1, 0.15) is 0 Å². The fourth-order valence-corrected chi connectivity index (χ4v) is 0.318. The van der Waals surface area contributed by atoms with Gasteiger partial charge < -0.3 is 15.3 Å². The van der Waals surface area contributed by atoms with E-state index in [4.69, 9.17) is 20.6 Å². The van der Waals surface area contributed by atoms with Gasteiger partial charge in [0.05, 0.1) is 0 Å². The fourth-order valence-electron chi connectivity index (χ4n) is 0.318. The van der Waals surface area contributed by atoms with E-state index in [1.807, 2.05) is 0 Å². The van der Waals surface area contributed by atoms with Crippen molar-refractivity contribution in [2.24, 2.45) is 0 Å². The van der Waals surface area contributed by atoms with Crippen molar-refractivity contribution in [1.82, 2.24) is 0 Å². The molecule has 2 unspecified atom stereocenters. The van der Waals surface area contributed by atoms with Crippen LogP contribution in [-0.4, -0.2) is 44.7 Å². The van der Waals surface area contributed by atoms with Crippen LogP contribution in [0.5, 0.6) is 0 Å². The molecular weight excluding hydrogens is 225 g/mol. The zero-order valence-corrected chi connectivity index (χ0v) is 8.84. The van der Waals surface area contributed by atoms with E-state index in [-0.39, 0.29) is 19.5 Å². The molecule has 0 heterocycles. The Morgan fingerprint density at radius 2 is 1.58 bits per heavy atom. The van der Waals surface area contributed by atoms with E-state index in [1.54, 1.807) is 0 Å². The molecule has 0 spiro atoms. The molecule has 0 amide bonds. The average Bonchev–Trinajstić information content (AvgIpc) is 2.00. The third kappa shape index (κ3) is 3.73. The molecule has 0 aromatic rings. The normalized spacial score (nSPS) is 13.9. The molecule has 0 aliphatic heterocycles. The number of hydrogen-bond donors (Lipinski definition) is 4. The molecule has 0 fully saturated rings. The number of carboxylic acids is 1. The summed E-state index contributed by atoms with van der Waals surface area (Å²) in [4.78, 5) is 22.9. The molecule has 0 bridgehead atoms. The van der Waals surface area contributed by atoms with Gasteiger partial charge in [-0.3, -0.25) is 4.89 Å². The van der Waals surface area contributed by atoms with Crippen molar-refractivity contribution in [1.29, 1.82) is 0 Å². The predicted molar refractivity (Wildman–Crippen MR) is 28.4 cm³/mol. The summed E-state index contributed by atoms with van der Waals surface area (Å²) in [5.74, 6) is -3.41. The first-order chi connectivity index (χ1) is 5.00. The van der Waals surface area contributed by atoms with Crippen LogP contribution in [-0.2, 0) is 34.0 Å². The number of aliphatic hydroxyl groups is 2. The van der Waals surface area contributed by atoms with Gasteiger partial charge in [-0.25, -0.2) is 9.59 Å². The number of aliphatic hydroxyl groups excluding tert-OH is 2. The molecule has 0 rings (SSSR count). The van der Waals surface area contributed by atoms with Crippen LogP contribution in [0, 0.1) is 0 Å². The molecule has 4 N–H and O–H groups in total. The molecule has 0 radical (unpaired) electrons. The van der Waals surface area contributed by atoms with E-state index >= 15 is 0 Å². The smallest absolute Gasteiger partial charge is 0.373 e. The van der Waals surface area contributed by atoms with Crippen LogP contribution in [0.4, 0.5) is 0 Å². The Morgan fingerprint density at radius 1 is 1.17 bits per heavy atom. The maximum atomic E-state index is 10.1. The van der Waals surface area contributed by atoms with E-state index in [1.165, 1.54) is 0 Å². The van der Waals surface area contributed by atoms with Crippen LogP contribution in [0.3, 0.4) is 0 Å². The molecule has 0 aromatic heterocycles. The Kier molecular flexibility index (Phi) is 7.01. The molecule has 0 aliphatic rings. The van der Waals surface area contributed by atoms with Crippen molar-refractivity contribution in [3.05, 3.63) is 0 Å². The third-order valence-electron chi connectivity index (χ3n) is 0.884. The molecule has 12 heavy (non-hydrogen) atoms. The molecule has 8 heteroatoms. The number of carbonyl (C=O) groups is 2. The minimum atomic E-state index is -2.30. The second kappa shape index (κ2) is 6.01. The van der Waals surface area contributed by atoms with Gasteiger partial charge in [-0.1, -0.05) is 0 Å². The van der Waals surface area contributed by atoms with Gasteiger partial charge >= 0.3 is 11.9 Å². The van der Waals surface area contributed by atoms with Gasteiger partial charge in [-0.2, -0.15) is 5.26 Å².